The molecule has 4 nitrogen and oxygen atoms in total. The maximum absolute atomic E-state index is 2.25. The summed E-state index contributed by atoms with van der Waals surface area (Å²) in [5, 5.41) is 0. The molecule has 130 valence electrons. The Hall–Kier alpha value is -3.14. The standard InChI is InChI=1S/C22H24N4/c1-17-15-19(3)25(23(17)21-11-7-5-8-12-21)26-20(4)16-18(2)24(26)22-13-9-6-10-14-22/h5-16H,1-4H3/q+2. The van der Waals surface area contributed by atoms with Gasteiger partial charge in [0.15, 0.2) is 34.2 Å². The van der Waals surface area contributed by atoms with E-state index >= 15 is 0 Å². The third-order valence-corrected chi connectivity index (χ3v) is 4.69. The van der Waals surface area contributed by atoms with E-state index in [4.69, 9.17) is 0 Å². The molecule has 2 aromatic heterocycles. The van der Waals surface area contributed by atoms with Crippen LogP contribution in [0.15, 0.2) is 72.8 Å². The lowest BCUT2D eigenvalue weighted by Gasteiger charge is -2.05. The number of hydrogen-bond donors (Lipinski definition) is 0. The van der Waals surface area contributed by atoms with Crippen molar-refractivity contribution in [1.29, 1.82) is 0 Å². The average Bonchev–Trinajstić information content (AvgIpc) is 3.10. The van der Waals surface area contributed by atoms with Gasteiger partial charge < -0.3 is 0 Å². The molecule has 2 aromatic carbocycles. The second-order valence-electron chi connectivity index (χ2n) is 6.73. The largest absolute Gasteiger partial charge is 0.198 e. The third kappa shape index (κ3) is 2.54. The molecule has 0 bridgehead atoms. The molecule has 4 heteroatoms. The van der Waals surface area contributed by atoms with E-state index in [9.17, 15) is 0 Å². The SMILES string of the molecule is Cc1cc(C)[n+](-c2ccccc2)n1-n1c(C)cc(C)[n+]1-c1ccccc1. The second kappa shape index (κ2) is 6.30. The van der Waals surface area contributed by atoms with Crippen molar-refractivity contribution in [2.75, 3.05) is 0 Å². The minimum atomic E-state index is 1.14. The monoisotopic (exact) mass is 344 g/mol. The summed E-state index contributed by atoms with van der Waals surface area (Å²) < 4.78 is 4.50. The van der Waals surface area contributed by atoms with Crippen molar-refractivity contribution in [3.8, 4) is 11.4 Å². The molecule has 0 N–H and O–H groups in total. The Morgan fingerprint density at radius 3 is 1.23 bits per heavy atom. The zero-order valence-corrected chi connectivity index (χ0v) is 15.7. The first kappa shape index (κ1) is 16.3. The van der Waals surface area contributed by atoms with Gasteiger partial charge in [0.25, 0.3) is 0 Å². The van der Waals surface area contributed by atoms with E-state index < -0.39 is 0 Å². The molecule has 0 aliphatic rings. The Labute approximate surface area is 154 Å². The Kier molecular flexibility index (Phi) is 3.96. The number of nitrogens with zero attached hydrogens (tertiary/aromatic N) is 4. The molecule has 0 radical (unpaired) electrons. The molecule has 0 aliphatic carbocycles. The summed E-state index contributed by atoms with van der Waals surface area (Å²) in [7, 11) is 0. The highest BCUT2D eigenvalue weighted by Crippen LogP contribution is 2.11. The Balaban J connectivity index is 2.05. The number of rotatable bonds is 3. The van der Waals surface area contributed by atoms with Gasteiger partial charge in [-0.25, -0.2) is 0 Å². The number of hydrogen-bond acceptors (Lipinski definition) is 0. The number of aryl methyl sites for hydroxylation is 4. The molecule has 0 aliphatic heterocycles. The lowest BCUT2D eigenvalue weighted by Crippen LogP contribution is -2.55. The first-order valence-corrected chi connectivity index (χ1v) is 8.92. The molecule has 4 aromatic rings. The van der Waals surface area contributed by atoms with Crippen LogP contribution in [0.25, 0.3) is 11.4 Å². The summed E-state index contributed by atoms with van der Waals surface area (Å²) in [5.41, 5.74) is 7.02. The zero-order valence-electron chi connectivity index (χ0n) is 15.7. The van der Waals surface area contributed by atoms with Crippen LogP contribution in [0.4, 0.5) is 0 Å². The summed E-state index contributed by atoms with van der Waals surface area (Å²) in [6, 6.07) is 25.4. The van der Waals surface area contributed by atoms with Crippen LogP contribution in [0.3, 0.4) is 0 Å². The maximum atomic E-state index is 2.25. The predicted octanol–water partition coefficient (Wildman–Crippen LogP) is 3.39. The van der Waals surface area contributed by atoms with E-state index in [0.29, 0.717) is 0 Å². The lowest BCUT2D eigenvalue weighted by molar-refractivity contribution is -0.770. The smallest absolute Gasteiger partial charge is 0.0620 e. The van der Waals surface area contributed by atoms with E-state index in [1.165, 1.54) is 22.8 Å². The van der Waals surface area contributed by atoms with Gasteiger partial charge in [-0.1, -0.05) is 45.8 Å². The minimum Gasteiger partial charge on any atom is -0.0620 e. The van der Waals surface area contributed by atoms with Gasteiger partial charge in [0, 0.05) is 39.8 Å². The molecule has 2 heterocycles. The fourth-order valence-corrected chi connectivity index (χ4v) is 3.69. The first-order chi connectivity index (χ1) is 12.6. The average molecular weight is 344 g/mol. The predicted molar refractivity (Wildman–Crippen MR) is 102 cm³/mol. The third-order valence-electron chi connectivity index (χ3n) is 4.69. The molecule has 0 atom stereocenters. The van der Waals surface area contributed by atoms with Crippen molar-refractivity contribution >= 4 is 0 Å². The summed E-state index contributed by atoms with van der Waals surface area (Å²) in [4.78, 5) is 4.47. The van der Waals surface area contributed by atoms with Crippen LogP contribution in [0.2, 0.25) is 0 Å². The lowest BCUT2D eigenvalue weighted by atomic mass is 10.3. The highest BCUT2D eigenvalue weighted by Gasteiger charge is 2.33. The summed E-state index contributed by atoms with van der Waals surface area (Å²) >= 11 is 0. The van der Waals surface area contributed by atoms with Crippen molar-refractivity contribution in [3.05, 3.63) is 95.6 Å². The molecule has 0 saturated carbocycles. The maximum Gasteiger partial charge on any atom is 0.198 e. The molecule has 0 amide bonds. The molecule has 4 rings (SSSR count). The van der Waals surface area contributed by atoms with Crippen LogP contribution in [0.1, 0.15) is 22.8 Å². The molecular weight excluding hydrogens is 320 g/mol. The van der Waals surface area contributed by atoms with E-state index in [1.54, 1.807) is 0 Å². The number of benzene rings is 2. The van der Waals surface area contributed by atoms with Crippen LogP contribution in [-0.4, -0.2) is 9.58 Å². The minimum absolute atomic E-state index is 1.14. The van der Waals surface area contributed by atoms with E-state index in [-0.39, 0.29) is 0 Å². The highest BCUT2D eigenvalue weighted by atomic mass is 15.8. The number of aromatic nitrogens is 4. The van der Waals surface area contributed by atoms with Gasteiger partial charge in [-0.3, -0.25) is 0 Å². The van der Waals surface area contributed by atoms with Crippen molar-refractivity contribution in [3.63, 3.8) is 0 Å². The molecule has 0 spiro atoms. The highest BCUT2D eigenvalue weighted by molar-refractivity contribution is 5.24. The topological polar surface area (TPSA) is 17.6 Å². The molecule has 26 heavy (non-hydrogen) atoms. The summed E-state index contributed by atoms with van der Waals surface area (Å²) in [6.45, 7) is 8.59. The quantitative estimate of drug-likeness (QED) is 0.507. The Bertz CT molecular complexity index is 969. The van der Waals surface area contributed by atoms with Gasteiger partial charge in [-0.05, 0) is 24.3 Å². The van der Waals surface area contributed by atoms with Crippen molar-refractivity contribution in [2.45, 2.75) is 27.7 Å². The van der Waals surface area contributed by atoms with E-state index in [2.05, 4.69) is 119 Å². The van der Waals surface area contributed by atoms with E-state index in [0.717, 1.165) is 11.4 Å². The fourth-order valence-electron chi connectivity index (χ4n) is 3.69. The summed E-state index contributed by atoms with van der Waals surface area (Å²) in [6.07, 6.45) is 0. The molecule has 0 saturated heterocycles. The van der Waals surface area contributed by atoms with Crippen LogP contribution >= 0.6 is 0 Å². The van der Waals surface area contributed by atoms with Crippen LogP contribution in [-0.2, 0) is 0 Å². The van der Waals surface area contributed by atoms with Crippen LogP contribution in [0.5, 0.6) is 0 Å². The van der Waals surface area contributed by atoms with Gasteiger partial charge in [0.2, 0.25) is 0 Å². The fraction of sp³-hybridized carbons (Fsp3) is 0.182. The van der Waals surface area contributed by atoms with Crippen LogP contribution in [0, 0.1) is 27.7 Å². The van der Waals surface area contributed by atoms with Crippen LogP contribution < -0.4 is 9.36 Å². The van der Waals surface area contributed by atoms with Gasteiger partial charge in [0.05, 0.1) is 9.58 Å². The van der Waals surface area contributed by atoms with Crippen molar-refractivity contribution in [1.82, 2.24) is 9.58 Å². The van der Waals surface area contributed by atoms with Crippen molar-refractivity contribution < 1.29 is 9.36 Å². The van der Waals surface area contributed by atoms with Gasteiger partial charge in [-0.15, -0.1) is 0 Å². The van der Waals surface area contributed by atoms with Gasteiger partial charge in [-0.2, -0.15) is 0 Å². The molecular formula is C22H24N4+2. The number of para-hydroxylation sites is 2. The van der Waals surface area contributed by atoms with E-state index in [1.807, 2.05) is 0 Å². The van der Waals surface area contributed by atoms with Crippen molar-refractivity contribution in [2.24, 2.45) is 0 Å². The normalized spacial score (nSPS) is 11.1. The molecule has 0 unspecified atom stereocenters. The zero-order chi connectivity index (χ0) is 18.3. The second-order valence-corrected chi connectivity index (χ2v) is 6.73. The summed E-state index contributed by atoms with van der Waals surface area (Å²) in [5.74, 6) is 0. The first-order valence-electron chi connectivity index (χ1n) is 8.92. The Morgan fingerprint density at radius 2 is 0.885 bits per heavy atom. The van der Waals surface area contributed by atoms with Gasteiger partial charge >= 0.3 is 0 Å². The van der Waals surface area contributed by atoms with Gasteiger partial charge in [0.1, 0.15) is 0 Å². The Morgan fingerprint density at radius 1 is 0.538 bits per heavy atom. The molecule has 0 fully saturated rings.